The second kappa shape index (κ2) is 6.67. The van der Waals surface area contributed by atoms with Crippen LogP contribution in [0.4, 0.5) is 0 Å². The molecule has 23 heavy (non-hydrogen) atoms. The molecular formula is C18H25NO4. The Bertz CT molecular complexity index is 536. The highest BCUT2D eigenvalue weighted by atomic mass is 16.7. The highest BCUT2D eigenvalue weighted by Gasteiger charge is 2.38. The molecular weight excluding hydrogens is 294 g/mol. The molecule has 3 heterocycles. The van der Waals surface area contributed by atoms with Crippen molar-refractivity contribution >= 4 is 0 Å². The van der Waals surface area contributed by atoms with Crippen LogP contribution in [0.25, 0.3) is 0 Å². The van der Waals surface area contributed by atoms with Crippen LogP contribution < -0.4 is 9.47 Å². The molecule has 0 aliphatic carbocycles. The first-order valence-corrected chi connectivity index (χ1v) is 8.66. The number of unbranched alkanes of at least 4 members (excludes halogenated alkanes) is 1. The van der Waals surface area contributed by atoms with E-state index < -0.39 is 0 Å². The summed E-state index contributed by atoms with van der Waals surface area (Å²) in [6, 6.07) is 6.23. The van der Waals surface area contributed by atoms with Gasteiger partial charge in [-0.15, -0.1) is 0 Å². The lowest BCUT2D eigenvalue weighted by Gasteiger charge is -2.44. The van der Waals surface area contributed by atoms with Crippen molar-refractivity contribution in [3.05, 3.63) is 23.8 Å². The summed E-state index contributed by atoms with van der Waals surface area (Å²) in [6.07, 6.45) is 3.27. The van der Waals surface area contributed by atoms with Crippen molar-refractivity contribution in [2.24, 2.45) is 11.8 Å². The number of aryl methyl sites for hydroxylation is 1. The molecule has 1 aromatic carbocycles. The number of rotatable bonds is 5. The van der Waals surface area contributed by atoms with Crippen molar-refractivity contribution in [1.29, 1.82) is 0 Å². The third-order valence-electron chi connectivity index (χ3n) is 5.24. The molecule has 3 aliphatic heterocycles. The molecule has 5 nitrogen and oxygen atoms in total. The van der Waals surface area contributed by atoms with E-state index in [-0.39, 0.29) is 6.10 Å². The molecule has 3 aliphatic rings. The normalized spacial score (nSPS) is 29.7. The van der Waals surface area contributed by atoms with Gasteiger partial charge in [0.2, 0.25) is 6.79 Å². The molecule has 2 saturated heterocycles. The highest BCUT2D eigenvalue weighted by molar-refractivity contribution is 5.44. The van der Waals surface area contributed by atoms with Gasteiger partial charge >= 0.3 is 0 Å². The highest BCUT2D eigenvalue weighted by Crippen LogP contribution is 2.33. The Hall–Kier alpha value is -1.30. The standard InChI is InChI=1S/C18H25NO4/c20-18-14-8-19(9-15(18)11-21-10-14)6-2-1-3-13-4-5-16-17(7-13)23-12-22-16/h4-5,7,14-15,18,20H,1-3,6,8-12H2/t14-,15+,18?. The maximum Gasteiger partial charge on any atom is 0.231 e. The fourth-order valence-corrected chi connectivity index (χ4v) is 3.96. The Kier molecular flexibility index (Phi) is 4.42. The van der Waals surface area contributed by atoms with E-state index in [0.717, 1.165) is 37.6 Å². The minimum Gasteiger partial charge on any atom is -0.454 e. The van der Waals surface area contributed by atoms with Crippen LogP contribution in [0.5, 0.6) is 11.5 Å². The van der Waals surface area contributed by atoms with Crippen molar-refractivity contribution < 1.29 is 19.3 Å². The van der Waals surface area contributed by atoms with Crippen LogP contribution >= 0.6 is 0 Å². The summed E-state index contributed by atoms with van der Waals surface area (Å²) >= 11 is 0. The minimum atomic E-state index is -0.159. The van der Waals surface area contributed by atoms with Crippen molar-refractivity contribution in [3.63, 3.8) is 0 Å². The lowest BCUT2D eigenvalue weighted by molar-refractivity contribution is -0.123. The molecule has 2 bridgehead atoms. The average molecular weight is 319 g/mol. The Balaban J connectivity index is 1.22. The van der Waals surface area contributed by atoms with Gasteiger partial charge in [-0.1, -0.05) is 6.07 Å². The van der Waals surface area contributed by atoms with E-state index in [9.17, 15) is 5.11 Å². The van der Waals surface area contributed by atoms with E-state index >= 15 is 0 Å². The molecule has 0 spiro atoms. The maximum absolute atomic E-state index is 10.2. The van der Waals surface area contributed by atoms with Gasteiger partial charge in [0.25, 0.3) is 0 Å². The molecule has 3 atom stereocenters. The summed E-state index contributed by atoms with van der Waals surface area (Å²) in [7, 11) is 0. The first kappa shape index (κ1) is 15.2. The number of fused-ring (bicyclic) bond motifs is 3. The van der Waals surface area contributed by atoms with Crippen molar-refractivity contribution in [3.8, 4) is 11.5 Å². The van der Waals surface area contributed by atoms with Gasteiger partial charge in [0, 0.05) is 24.9 Å². The minimum absolute atomic E-state index is 0.159. The fraction of sp³-hybridized carbons (Fsp3) is 0.667. The van der Waals surface area contributed by atoms with Crippen LogP contribution in [0, 0.1) is 11.8 Å². The van der Waals surface area contributed by atoms with Gasteiger partial charge in [-0.25, -0.2) is 0 Å². The molecule has 1 N–H and O–H groups in total. The summed E-state index contributed by atoms with van der Waals surface area (Å²) < 4.78 is 16.3. The fourth-order valence-electron chi connectivity index (χ4n) is 3.96. The number of aliphatic hydroxyl groups is 1. The van der Waals surface area contributed by atoms with E-state index in [1.165, 1.54) is 18.4 Å². The summed E-state index contributed by atoms with van der Waals surface area (Å²) in [4.78, 5) is 2.50. The van der Waals surface area contributed by atoms with Crippen LogP contribution in [0.15, 0.2) is 18.2 Å². The Morgan fingerprint density at radius 2 is 1.83 bits per heavy atom. The van der Waals surface area contributed by atoms with E-state index in [1.807, 2.05) is 6.07 Å². The summed E-state index contributed by atoms with van der Waals surface area (Å²) in [5.41, 5.74) is 1.31. The largest absolute Gasteiger partial charge is 0.454 e. The first-order valence-electron chi connectivity index (χ1n) is 8.66. The van der Waals surface area contributed by atoms with Gasteiger partial charge in [-0.3, -0.25) is 0 Å². The average Bonchev–Trinajstić information content (AvgIpc) is 3.00. The predicted molar refractivity (Wildman–Crippen MR) is 85.7 cm³/mol. The quantitative estimate of drug-likeness (QED) is 0.837. The molecule has 2 fully saturated rings. The van der Waals surface area contributed by atoms with Gasteiger partial charge in [0.05, 0.1) is 19.3 Å². The lowest BCUT2D eigenvalue weighted by atomic mass is 9.85. The number of likely N-dealkylation sites (tertiary alicyclic amines) is 1. The maximum atomic E-state index is 10.2. The van der Waals surface area contributed by atoms with Crippen LogP contribution in [0.2, 0.25) is 0 Å². The zero-order valence-electron chi connectivity index (χ0n) is 13.4. The Morgan fingerprint density at radius 3 is 2.65 bits per heavy atom. The third kappa shape index (κ3) is 3.32. The van der Waals surface area contributed by atoms with Gasteiger partial charge < -0.3 is 24.2 Å². The predicted octanol–water partition coefficient (Wildman–Crippen LogP) is 1.68. The van der Waals surface area contributed by atoms with Crippen molar-refractivity contribution in [1.82, 2.24) is 4.90 Å². The first-order chi connectivity index (χ1) is 11.3. The van der Waals surface area contributed by atoms with Crippen LogP contribution in [0.3, 0.4) is 0 Å². The monoisotopic (exact) mass is 319 g/mol. The second-order valence-corrected chi connectivity index (χ2v) is 6.95. The van der Waals surface area contributed by atoms with Crippen LogP contribution in [0.1, 0.15) is 18.4 Å². The molecule has 4 rings (SSSR count). The van der Waals surface area contributed by atoms with Gasteiger partial charge in [0.15, 0.2) is 11.5 Å². The zero-order valence-corrected chi connectivity index (χ0v) is 13.4. The lowest BCUT2D eigenvalue weighted by Crippen LogP contribution is -2.55. The van der Waals surface area contributed by atoms with Gasteiger partial charge in [-0.05, 0) is 43.5 Å². The number of nitrogens with zero attached hydrogens (tertiary/aromatic N) is 1. The molecule has 126 valence electrons. The van der Waals surface area contributed by atoms with Crippen molar-refractivity contribution in [2.45, 2.75) is 25.4 Å². The summed E-state index contributed by atoms with van der Waals surface area (Å²) in [5.74, 6) is 2.34. The molecule has 1 aromatic rings. The number of hydrogen-bond donors (Lipinski definition) is 1. The second-order valence-electron chi connectivity index (χ2n) is 6.95. The number of hydrogen-bond acceptors (Lipinski definition) is 5. The number of piperidine rings is 1. The van der Waals surface area contributed by atoms with E-state index in [1.54, 1.807) is 0 Å². The van der Waals surface area contributed by atoms with E-state index in [4.69, 9.17) is 14.2 Å². The Morgan fingerprint density at radius 1 is 1.04 bits per heavy atom. The third-order valence-corrected chi connectivity index (χ3v) is 5.24. The molecule has 5 heteroatoms. The number of benzene rings is 1. The van der Waals surface area contributed by atoms with Gasteiger partial charge in [0.1, 0.15) is 0 Å². The van der Waals surface area contributed by atoms with E-state index in [0.29, 0.717) is 31.8 Å². The van der Waals surface area contributed by atoms with Crippen LogP contribution in [-0.4, -0.2) is 55.8 Å². The molecule has 0 saturated carbocycles. The van der Waals surface area contributed by atoms with E-state index in [2.05, 4.69) is 17.0 Å². The zero-order chi connectivity index (χ0) is 15.6. The van der Waals surface area contributed by atoms with Gasteiger partial charge in [-0.2, -0.15) is 0 Å². The SMILES string of the molecule is OC1[C@@H]2COC[C@H]1CN(CCCCc1ccc3c(c1)OCO3)C2. The smallest absolute Gasteiger partial charge is 0.231 e. The number of aliphatic hydroxyl groups excluding tert-OH is 1. The molecule has 1 unspecified atom stereocenters. The topological polar surface area (TPSA) is 51.2 Å². The molecule has 0 radical (unpaired) electrons. The van der Waals surface area contributed by atoms with Crippen LogP contribution in [-0.2, 0) is 11.2 Å². The molecule has 0 aromatic heterocycles. The Labute approximate surface area is 137 Å². The van der Waals surface area contributed by atoms with Crippen molar-refractivity contribution in [2.75, 3.05) is 39.6 Å². The summed E-state index contributed by atoms with van der Waals surface area (Å²) in [6.45, 7) is 4.83. The molecule has 0 amide bonds. The summed E-state index contributed by atoms with van der Waals surface area (Å²) in [5, 5.41) is 10.2. The number of ether oxygens (including phenoxy) is 3.